The van der Waals surface area contributed by atoms with Crippen LogP contribution < -0.4 is 0 Å². The largest absolute Gasteiger partial charge is 0.127 e. The molecule has 0 spiro atoms. The molecular formula is C11H18S. The minimum absolute atomic E-state index is 1.22. The molecule has 0 aromatic heterocycles. The number of rotatable bonds is 4. The highest BCUT2D eigenvalue weighted by atomic mass is 32.2. The van der Waals surface area contributed by atoms with Gasteiger partial charge in [0.25, 0.3) is 0 Å². The first-order valence-electron chi connectivity index (χ1n) is 4.85. The molecule has 1 rings (SSSR count). The van der Waals surface area contributed by atoms with E-state index in [9.17, 15) is 0 Å². The van der Waals surface area contributed by atoms with Crippen molar-refractivity contribution >= 4 is 11.8 Å². The molecule has 0 saturated heterocycles. The zero-order chi connectivity index (χ0) is 8.81. The van der Waals surface area contributed by atoms with Crippen molar-refractivity contribution < 1.29 is 0 Å². The molecule has 0 unspecified atom stereocenters. The zero-order valence-corrected chi connectivity index (χ0v) is 8.75. The van der Waals surface area contributed by atoms with Crippen LogP contribution in [0.2, 0.25) is 0 Å². The Morgan fingerprint density at radius 3 is 3.00 bits per heavy atom. The van der Waals surface area contributed by atoms with Gasteiger partial charge in [0.15, 0.2) is 0 Å². The van der Waals surface area contributed by atoms with E-state index in [4.69, 9.17) is 0 Å². The summed E-state index contributed by atoms with van der Waals surface area (Å²) in [5, 5.41) is 0. The van der Waals surface area contributed by atoms with Crippen LogP contribution in [-0.4, -0.2) is 5.75 Å². The lowest BCUT2D eigenvalue weighted by Crippen LogP contribution is -1.92. The van der Waals surface area contributed by atoms with E-state index in [1.807, 2.05) is 11.8 Å². The molecule has 12 heavy (non-hydrogen) atoms. The van der Waals surface area contributed by atoms with Gasteiger partial charge in [0, 0.05) is 4.91 Å². The summed E-state index contributed by atoms with van der Waals surface area (Å²) in [4.78, 5) is 1.32. The molecule has 1 heteroatoms. The van der Waals surface area contributed by atoms with Crippen LogP contribution in [0.15, 0.2) is 23.1 Å². The summed E-state index contributed by atoms with van der Waals surface area (Å²) < 4.78 is 0. The lowest BCUT2D eigenvalue weighted by atomic mass is 10.00. The highest BCUT2D eigenvalue weighted by molar-refractivity contribution is 8.03. The predicted octanol–water partition coefficient (Wildman–Crippen LogP) is 4.14. The third-order valence-corrected chi connectivity index (χ3v) is 3.35. The fraction of sp³-hybridized carbons (Fsp3) is 0.636. The first-order valence-corrected chi connectivity index (χ1v) is 5.84. The van der Waals surface area contributed by atoms with Gasteiger partial charge >= 0.3 is 0 Å². The van der Waals surface area contributed by atoms with E-state index < -0.39 is 0 Å². The van der Waals surface area contributed by atoms with Crippen LogP contribution in [0.1, 0.15) is 39.0 Å². The molecule has 1 aliphatic carbocycles. The molecule has 1 aliphatic rings. The van der Waals surface area contributed by atoms with Gasteiger partial charge in [0.2, 0.25) is 0 Å². The minimum atomic E-state index is 1.22. The van der Waals surface area contributed by atoms with Gasteiger partial charge in [0.1, 0.15) is 0 Å². The molecule has 0 amide bonds. The average molecular weight is 182 g/mol. The Bertz CT molecular complexity index is 179. The second kappa shape index (κ2) is 5.47. The van der Waals surface area contributed by atoms with E-state index >= 15 is 0 Å². The average Bonchev–Trinajstić information content (AvgIpc) is 2.15. The second-order valence-electron chi connectivity index (χ2n) is 3.25. The van der Waals surface area contributed by atoms with Crippen LogP contribution >= 0.6 is 11.8 Å². The molecule has 68 valence electrons. The van der Waals surface area contributed by atoms with Crippen LogP contribution in [0, 0.1) is 0 Å². The molecule has 0 aromatic rings. The quantitative estimate of drug-likeness (QED) is 0.629. The summed E-state index contributed by atoms with van der Waals surface area (Å²) in [6.45, 7) is 6.33. The van der Waals surface area contributed by atoms with Gasteiger partial charge in [0.05, 0.1) is 0 Å². The SMILES string of the molecule is C=C(SCCC)C1=CCCCC1. The predicted molar refractivity (Wildman–Crippen MR) is 58.4 cm³/mol. The number of allylic oxidation sites excluding steroid dienone is 2. The molecule has 0 fully saturated rings. The number of thioether (sulfide) groups is 1. The summed E-state index contributed by atoms with van der Waals surface area (Å²) in [5.41, 5.74) is 1.51. The third-order valence-electron chi connectivity index (χ3n) is 2.13. The molecule has 0 atom stereocenters. The molecule has 0 aromatic carbocycles. The van der Waals surface area contributed by atoms with Gasteiger partial charge in [-0.05, 0) is 43.4 Å². The molecule has 0 nitrogen and oxygen atoms in total. The summed E-state index contributed by atoms with van der Waals surface area (Å²) in [6, 6.07) is 0. The minimum Gasteiger partial charge on any atom is -0.127 e. The van der Waals surface area contributed by atoms with Crippen molar-refractivity contribution in [2.24, 2.45) is 0 Å². The zero-order valence-electron chi connectivity index (χ0n) is 7.94. The number of hydrogen-bond donors (Lipinski definition) is 0. The van der Waals surface area contributed by atoms with Crippen LogP contribution in [0.5, 0.6) is 0 Å². The van der Waals surface area contributed by atoms with E-state index in [0.717, 1.165) is 0 Å². The van der Waals surface area contributed by atoms with Crippen molar-refractivity contribution in [2.45, 2.75) is 39.0 Å². The van der Waals surface area contributed by atoms with Crippen molar-refractivity contribution in [3.05, 3.63) is 23.1 Å². The van der Waals surface area contributed by atoms with Gasteiger partial charge in [-0.15, -0.1) is 11.8 Å². The van der Waals surface area contributed by atoms with Crippen molar-refractivity contribution in [1.29, 1.82) is 0 Å². The van der Waals surface area contributed by atoms with Crippen LogP contribution in [0.25, 0.3) is 0 Å². The highest BCUT2D eigenvalue weighted by Crippen LogP contribution is 2.30. The van der Waals surface area contributed by atoms with Gasteiger partial charge in [-0.3, -0.25) is 0 Å². The Kier molecular flexibility index (Phi) is 4.52. The molecular weight excluding hydrogens is 164 g/mol. The van der Waals surface area contributed by atoms with Crippen LogP contribution in [-0.2, 0) is 0 Å². The molecule has 0 radical (unpaired) electrons. The molecule has 0 saturated carbocycles. The van der Waals surface area contributed by atoms with E-state index in [1.165, 1.54) is 48.3 Å². The van der Waals surface area contributed by atoms with Crippen molar-refractivity contribution in [3.8, 4) is 0 Å². The maximum Gasteiger partial charge on any atom is 0.00289 e. The van der Waals surface area contributed by atoms with Crippen LogP contribution in [0.3, 0.4) is 0 Å². The normalized spacial score (nSPS) is 17.2. The maximum atomic E-state index is 4.11. The van der Waals surface area contributed by atoms with Gasteiger partial charge in [-0.2, -0.15) is 0 Å². The Balaban J connectivity index is 2.35. The second-order valence-corrected chi connectivity index (χ2v) is 4.44. The summed E-state index contributed by atoms with van der Waals surface area (Å²) in [6.07, 6.45) is 8.87. The Morgan fingerprint density at radius 1 is 1.58 bits per heavy atom. The smallest absolute Gasteiger partial charge is 0.00289 e. The first kappa shape index (κ1) is 9.91. The highest BCUT2D eigenvalue weighted by Gasteiger charge is 2.06. The van der Waals surface area contributed by atoms with Crippen molar-refractivity contribution in [1.82, 2.24) is 0 Å². The molecule has 0 bridgehead atoms. The molecule has 0 aliphatic heterocycles. The van der Waals surface area contributed by atoms with Crippen molar-refractivity contribution in [2.75, 3.05) is 5.75 Å². The summed E-state index contributed by atoms with van der Waals surface area (Å²) >= 11 is 1.92. The van der Waals surface area contributed by atoms with E-state index in [-0.39, 0.29) is 0 Å². The van der Waals surface area contributed by atoms with Crippen molar-refractivity contribution in [3.63, 3.8) is 0 Å². The number of hydrogen-bond acceptors (Lipinski definition) is 1. The first-order chi connectivity index (χ1) is 5.84. The Morgan fingerprint density at radius 2 is 2.42 bits per heavy atom. The summed E-state index contributed by atoms with van der Waals surface area (Å²) in [7, 11) is 0. The lowest BCUT2D eigenvalue weighted by Gasteiger charge is -2.14. The van der Waals surface area contributed by atoms with Gasteiger partial charge in [-0.1, -0.05) is 19.6 Å². The molecule has 0 heterocycles. The Hall–Kier alpha value is -0.170. The monoisotopic (exact) mass is 182 g/mol. The van der Waals surface area contributed by atoms with Crippen LogP contribution in [0.4, 0.5) is 0 Å². The van der Waals surface area contributed by atoms with E-state index in [1.54, 1.807) is 0 Å². The van der Waals surface area contributed by atoms with E-state index in [2.05, 4.69) is 19.6 Å². The lowest BCUT2D eigenvalue weighted by molar-refractivity contribution is 0.711. The molecule has 0 N–H and O–H groups in total. The maximum absolute atomic E-state index is 4.11. The fourth-order valence-electron chi connectivity index (χ4n) is 1.41. The topological polar surface area (TPSA) is 0 Å². The standard InChI is InChI=1S/C11H18S/c1-3-9-12-10(2)11-7-5-4-6-8-11/h7H,2-6,8-9H2,1H3. The third kappa shape index (κ3) is 3.06. The Labute approximate surface area is 80.1 Å². The van der Waals surface area contributed by atoms with Gasteiger partial charge < -0.3 is 0 Å². The summed E-state index contributed by atoms with van der Waals surface area (Å²) in [5.74, 6) is 1.22. The fourth-order valence-corrected chi connectivity index (χ4v) is 2.23. The van der Waals surface area contributed by atoms with E-state index in [0.29, 0.717) is 0 Å². The van der Waals surface area contributed by atoms with Gasteiger partial charge in [-0.25, -0.2) is 0 Å².